The molecular weight excluding hydrogens is 580 g/mol. The number of methoxy groups -OCH3 is 1. The van der Waals surface area contributed by atoms with Gasteiger partial charge in [-0.2, -0.15) is 0 Å². The molecule has 0 bridgehead atoms. The zero-order chi connectivity index (χ0) is 31.0. The third-order valence-electron chi connectivity index (χ3n) is 7.74. The van der Waals surface area contributed by atoms with E-state index in [-0.39, 0.29) is 17.4 Å². The lowest BCUT2D eigenvalue weighted by Crippen LogP contribution is -2.29. The van der Waals surface area contributed by atoms with Gasteiger partial charge in [-0.25, -0.2) is 4.98 Å². The minimum absolute atomic E-state index is 0.0145. The molecule has 1 N–H and O–H groups in total. The number of thiazole rings is 1. The smallest absolute Gasteiger partial charge is 0.301 e. The average molecular weight is 615 g/mol. The van der Waals surface area contributed by atoms with Crippen LogP contribution in [0.1, 0.15) is 56.3 Å². The number of hydrogen-bond donors (Lipinski definition) is 1. The Hall–Kier alpha value is -4.57. The fraction of sp³-hybridized carbons (Fsp3) is 0.324. The normalized spacial score (nSPS) is 18.9. The number of unbranched alkanes of at least 4 members (excludes halogenated alkanes) is 1. The lowest BCUT2D eigenvalue weighted by molar-refractivity contribution is -0.132. The molecule has 3 heterocycles. The molecule has 0 saturated carbocycles. The molecule has 0 radical (unpaired) electrons. The molecule has 9 nitrogen and oxygen atoms in total. The molecule has 3 aromatic carbocycles. The Balaban J connectivity index is 1.51. The van der Waals surface area contributed by atoms with E-state index >= 15 is 0 Å². The van der Waals surface area contributed by atoms with Crippen LogP contribution in [0.2, 0.25) is 0 Å². The van der Waals surface area contributed by atoms with Crippen LogP contribution in [0.25, 0.3) is 16.0 Å². The zero-order valence-corrected chi connectivity index (χ0v) is 25.9. The molecule has 0 aliphatic carbocycles. The lowest BCUT2D eigenvalue weighted by atomic mass is 9.94. The van der Waals surface area contributed by atoms with E-state index in [9.17, 15) is 14.7 Å². The number of carbonyl (C=O) groups is 2. The highest BCUT2D eigenvalue weighted by Gasteiger charge is 2.48. The number of nitrogens with zero attached hydrogens (tertiary/aromatic N) is 2. The summed E-state index contributed by atoms with van der Waals surface area (Å²) in [4.78, 5) is 33.7. The SMILES string of the molecule is CCCCOc1ccc([C@@H]2C(=C(O)c3ccc4c(c3)C[C@H](C)O4)C(=O)C(=O)N2c2nc3ccc(OC)cc3s2)cc1OCC. The highest BCUT2D eigenvalue weighted by atomic mass is 32.1. The van der Waals surface area contributed by atoms with Crippen molar-refractivity contribution in [2.45, 2.75) is 52.2 Å². The molecule has 0 spiro atoms. The van der Waals surface area contributed by atoms with Crippen LogP contribution < -0.4 is 23.8 Å². The molecule has 228 valence electrons. The van der Waals surface area contributed by atoms with Gasteiger partial charge in [0.05, 0.1) is 42.2 Å². The topological polar surface area (TPSA) is 107 Å². The van der Waals surface area contributed by atoms with Crippen LogP contribution in [-0.2, 0) is 16.0 Å². The van der Waals surface area contributed by atoms with Crippen molar-refractivity contribution in [3.8, 4) is 23.0 Å². The fourth-order valence-corrected chi connectivity index (χ4v) is 6.62. The number of benzene rings is 3. The van der Waals surface area contributed by atoms with Gasteiger partial charge in [0, 0.05) is 12.0 Å². The van der Waals surface area contributed by atoms with Gasteiger partial charge in [0.15, 0.2) is 16.6 Å². The van der Waals surface area contributed by atoms with Crippen molar-refractivity contribution in [1.82, 2.24) is 4.98 Å². The van der Waals surface area contributed by atoms with Gasteiger partial charge >= 0.3 is 5.91 Å². The van der Waals surface area contributed by atoms with E-state index in [1.807, 2.05) is 32.0 Å². The van der Waals surface area contributed by atoms with Gasteiger partial charge in [-0.1, -0.05) is 30.7 Å². The molecule has 44 heavy (non-hydrogen) atoms. The Morgan fingerprint density at radius 1 is 1.07 bits per heavy atom. The number of ether oxygens (including phenoxy) is 4. The van der Waals surface area contributed by atoms with E-state index in [0.29, 0.717) is 58.7 Å². The van der Waals surface area contributed by atoms with Crippen molar-refractivity contribution in [3.05, 3.63) is 76.9 Å². The van der Waals surface area contributed by atoms with Crippen molar-refractivity contribution in [2.75, 3.05) is 25.2 Å². The van der Waals surface area contributed by atoms with Crippen LogP contribution in [0.3, 0.4) is 0 Å². The first-order valence-electron chi connectivity index (χ1n) is 14.8. The first kappa shape index (κ1) is 29.5. The first-order valence-corrected chi connectivity index (χ1v) is 15.6. The summed E-state index contributed by atoms with van der Waals surface area (Å²) in [6.07, 6.45) is 2.57. The maximum absolute atomic E-state index is 13.8. The number of anilines is 1. The van der Waals surface area contributed by atoms with Gasteiger partial charge in [0.2, 0.25) is 0 Å². The fourth-order valence-electron chi connectivity index (χ4n) is 5.60. The summed E-state index contributed by atoms with van der Waals surface area (Å²) in [7, 11) is 1.58. The number of aliphatic hydroxyl groups is 1. The molecule has 2 aliphatic heterocycles. The van der Waals surface area contributed by atoms with Crippen LogP contribution in [0.15, 0.2) is 60.2 Å². The molecule has 1 aromatic heterocycles. The van der Waals surface area contributed by atoms with E-state index < -0.39 is 17.7 Å². The van der Waals surface area contributed by atoms with Crippen LogP contribution in [0.4, 0.5) is 5.13 Å². The van der Waals surface area contributed by atoms with Crippen LogP contribution in [0.5, 0.6) is 23.0 Å². The molecule has 0 unspecified atom stereocenters. The summed E-state index contributed by atoms with van der Waals surface area (Å²) in [6, 6.07) is 15.1. The number of Topliss-reactive ketones (excluding diaryl/α,β-unsaturated/α-hetero) is 1. The van der Waals surface area contributed by atoms with Gasteiger partial charge in [-0.3, -0.25) is 14.5 Å². The standard InChI is InChI=1S/C34H34N2O7S/c1-5-7-14-42-26-13-8-20(17-27(26)41-6-2)30-29(31(37)21-9-12-25-22(16-21)15-19(3)43-25)32(38)33(39)36(30)34-35-24-11-10-23(40-4)18-28(24)44-34/h8-13,16-19,30,37H,5-7,14-15H2,1-4H3/t19-,30+/m0/s1. The van der Waals surface area contributed by atoms with Crippen LogP contribution in [-0.4, -0.2) is 48.2 Å². The molecule has 1 fully saturated rings. The Bertz CT molecular complexity index is 1780. The summed E-state index contributed by atoms with van der Waals surface area (Å²) in [6.45, 7) is 6.87. The summed E-state index contributed by atoms with van der Waals surface area (Å²) >= 11 is 1.27. The van der Waals surface area contributed by atoms with E-state index in [0.717, 1.165) is 28.9 Å². The first-order chi connectivity index (χ1) is 21.3. The van der Waals surface area contributed by atoms with Crippen LogP contribution >= 0.6 is 11.3 Å². The van der Waals surface area contributed by atoms with Gasteiger partial charge < -0.3 is 24.1 Å². The lowest BCUT2D eigenvalue weighted by Gasteiger charge is -2.24. The second kappa shape index (κ2) is 12.2. The third kappa shape index (κ3) is 5.34. The number of aromatic nitrogens is 1. The Morgan fingerprint density at radius 3 is 2.68 bits per heavy atom. The number of amides is 1. The molecule has 1 saturated heterocycles. The predicted molar refractivity (Wildman–Crippen MR) is 169 cm³/mol. The molecule has 2 atom stereocenters. The highest BCUT2D eigenvalue weighted by Crippen LogP contribution is 2.46. The summed E-state index contributed by atoms with van der Waals surface area (Å²) in [5, 5.41) is 12.1. The van der Waals surface area contributed by atoms with Gasteiger partial charge in [-0.15, -0.1) is 0 Å². The predicted octanol–water partition coefficient (Wildman–Crippen LogP) is 6.83. The van der Waals surface area contributed by atoms with Crippen molar-refractivity contribution < 1.29 is 33.6 Å². The van der Waals surface area contributed by atoms with E-state index in [4.69, 9.17) is 23.9 Å². The number of rotatable bonds is 10. The summed E-state index contributed by atoms with van der Waals surface area (Å²) < 4.78 is 23.9. The Labute approximate surface area is 259 Å². The molecule has 1 amide bonds. The summed E-state index contributed by atoms with van der Waals surface area (Å²) in [5.41, 5.74) is 2.57. The monoisotopic (exact) mass is 614 g/mol. The summed E-state index contributed by atoms with van der Waals surface area (Å²) in [5.74, 6) is 0.627. The molecule has 6 rings (SSSR count). The maximum atomic E-state index is 13.8. The minimum Gasteiger partial charge on any atom is -0.507 e. The second-order valence-electron chi connectivity index (χ2n) is 10.8. The Morgan fingerprint density at radius 2 is 1.91 bits per heavy atom. The second-order valence-corrected chi connectivity index (χ2v) is 11.8. The minimum atomic E-state index is -0.968. The van der Waals surface area contributed by atoms with Crippen molar-refractivity contribution in [3.63, 3.8) is 0 Å². The van der Waals surface area contributed by atoms with E-state index in [2.05, 4.69) is 6.92 Å². The van der Waals surface area contributed by atoms with Gasteiger partial charge in [0.1, 0.15) is 23.4 Å². The Kier molecular flexibility index (Phi) is 8.18. The van der Waals surface area contributed by atoms with E-state index in [1.54, 1.807) is 43.5 Å². The highest BCUT2D eigenvalue weighted by molar-refractivity contribution is 7.22. The largest absolute Gasteiger partial charge is 0.507 e. The number of hydrogen-bond acceptors (Lipinski definition) is 9. The van der Waals surface area contributed by atoms with Crippen molar-refractivity contribution >= 4 is 44.1 Å². The van der Waals surface area contributed by atoms with E-state index in [1.165, 1.54) is 16.2 Å². The maximum Gasteiger partial charge on any atom is 0.301 e. The number of aliphatic hydroxyl groups excluding tert-OH is 1. The van der Waals surface area contributed by atoms with Gasteiger partial charge in [0.25, 0.3) is 5.78 Å². The molecular formula is C34H34N2O7S. The number of fused-ring (bicyclic) bond motifs is 2. The molecule has 4 aromatic rings. The zero-order valence-electron chi connectivity index (χ0n) is 25.1. The quantitative estimate of drug-likeness (QED) is 0.0896. The molecule has 10 heteroatoms. The number of carbonyl (C=O) groups excluding carboxylic acids is 2. The van der Waals surface area contributed by atoms with Crippen molar-refractivity contribution in [1.29, 1.82) is 0 Å². The van der Waals surface area contributed by atoms with Crippen LogP contribution in [0, 0.1) is 0 Å². The molecule has 2 aliphatic rings. The number of ketones is 1. The average Bonchev–Trinajstić information content (AvgIpc) is 3.69. The van der Waals surface area contributed by atoms with Crippen molar-refractivity contribution in [2.24, 2.45) is 0 Å². The van der Waals surface area contributed by atoms with Gasteiger partial charge in [-0.05, 0) is 79.9 Å². The third-order valence-corrected chi connectivity index (χ3v) is 8.76.